The van der Waals surface area contributed by atoms with Gasteiger partial charge in [-0.25, -0.2) is 0 Å². The molecule has 1 unspecified atom stereocenters. The van der Waals surface area contributed by atoms with Crippen molar-refractivity contribution < 1.29 is 9.59 Å². The molecule has 0 aliphatic carbocycles. The van der Waals surface area contributed by atoms with Crippen LogP contribution >= 0.6 is 11.3 Å². The predicted molar refractivity (Wildman–Crippen MR) is 89.2 cm³/mol. The van der Waals surface area contributed by atoms with Crippen molar-refractivity contribution in [2.24, 2.45) is 0 Å². The molecule has 7 heteroatoms. The van der Waals surface area contributed by atoms with Crippen LogP contribution in [-0.4, -0.2) is 40.0 Å². The van der Waals surface area contributed by atoms with E-state index in [2.05, 4.69) is 15.5 Å². The van der Waals surface area contributed by atoms with Gasteiger partial charge in [-0.3, -0.25) is 9.59 Å². The summed E-state index contributed by atoms with van der Waals surface area (Å²) in [4.78, 5) is 26.8. The first-order chi connectivity index (χ1) is 11.1. The highest BCUT2D eigenvalue weighted by atomic mass is 32.1. The Morgan fingerprint density at radius 3 is 2.35 bits per heavy atom. The lowest BCUT2D eigenvalue weighted by molar-refractivity contribution is -0.133. The van der Waals surface area contributed by atoms with Crippen molar-refractivity contribution >= 4 is 23.2 Å². The van der Waals surface area contributed by atoms with Gasteiger partial charge in [0, 0.05) is 13.1 Å². The largest absolute Gasteiger partial charge is 0.341 e. The van der Waals surface area contributed by atoms with Gasteiger partial charge in [-0.2, -0.15) is 0 Å². The molecule has 6 nitrogen and oxygen atoms in total. The second kappa shape index (κ2) is 7.82. The second-order valence-electron chi connectivity index (χ2n) is 4.95. The zero-order valence-corrected chi connectivity index (χ0v) is 14.3. The van der Waals surface area contributed by atoms with Crippen molar-refractivity contribution in [3.8, 4) is 0 Å². The molecule has 2 aromatic rings. The van der Waals surface area contributed by atoms with E-state index in [0.29, 0.717) is 18.1 Å². The number of carbonyl (C=O) groups is 2. The number of aromatic nitrogens is 2. The van der Waals surface area contributed by atoms with Crippen molar-refractivity contribution in [2.75, 3.05) is 13.1 Å². The van der Waals surface area contributed by atoms with E-state index >= 15 is 0 Å². The summed E-state index contributed by atoms with van der Waals surface area (Å²) < 4.78 is 0. The van der Waals surface area contributed by atoms with Gasteiger partial charge in [0.2, 0.25) is 10.9 Å². The normalized spacial score (nSPS) is 11.8. The Morgan fingerprint density at radius 1 is 1.17 bits per heavy atom. The average molecular weight is 332 g/mol. The number of carbonyl (C=O) groups excluding carboxylic acids is 2. The fraction of sp³-hybridized carbons (Fsp3) is 0.375. The number of hydrogen-bond acceptors (Lipinski definition) is 5. The fourth-order valence-corrected chi connectivity index (χ4v) is 2.83. The van der Waals surface area contributed by atoms with Crippen molar-refractivity contribution in [3.05, 3.63) is 45.9 Å². The standard InChI is InChI=1S/C16H20N4O2S/c1-4-20(5-2)16(22)13(12-9-7-6-8-10-12)17-14(21)15-19-18-11(3)23-15/h6-10,13H,4-5H2,1-3H3,(H,17,21). The summed E-state index contributed by atoms with van der Waals surface area (Å²) in [6, 6.07) is 8.50. The number of nitrogens with one attached hydrogen (secondary N) is 1. The van der Waals surface area contributed by atoms with Crippen LogP contribution in [0, 0.1) is 6.92 Å². The molecule has 0 saturated heterocycles. The first kappa shape index (κ1) is 17.1. The summed E-state index contributed by atoms with van der Waals surface area (Å²) in [5, 5.41) is 11.4. The molecule has 23 heavy (non-hydrogen) atoms. The highest BCUT2D eigenvalue weighted by Gasteiger charge is 2.27. The Balaban J connectivity index is 2.27. The summed E-state index contributed by atoms with van der Waals surface area (Å²) in [7, 11) is 0. The van der Waals surface area contributed by atoms with Crippen LogP contribution in [0.3, 0.4) is 0 Å². The van der Waals surface area contributed by atoms with E-state index in [-0.39, 0.29) is 16.8 Å². The maximum Gasteiger partial charge on any atom is 0.283 e. The van der Waals surface area contributed by atoms with Crippen LogP contribution in [0.25, 0.3) is 0 Å². The maximum absolute atomic E-state index is 12.8. The van der Waals surface area contributed by atoms with Crippen LogP contribution in [0.2, 0.25) is 0 Å². The van der Waals surface area contributed by atoms with Crippen LogP contribution in [-0.2, 0) is 4.79 Å². The fourth-order valence-electron chi connectivity index (χ4n) is 2.23. The Morgan fingerprint density at radius 2 is 1.83 bits per heavy atom. The molecule has 2 amide bonds. The Labute approximate surface area is 139 Å². The lowest BCUT2D eigenvalue weighted by Crippen LogP contribution is -2.42. The van der Waals surface area contributed by atoms with Gasteiger partial charge in [0.15, 0.2) is 0 Å². The van der Waals surface area contributed by atoms with Gasteiger partial charge in [-0.15, -0.1) is 10.2 Å². The Bertz CT molecular complexity index is 668. The lowest BCUT2D eigenvalue weighted by Gasteiger charge is -2.25. The van der Waals surface area contributed by atoms with Gasteiger partial charge in [0.05, 0.1) is 0 Å². The number of rotatable bonds is 6. The number of hydrogen-bond donors (Lipinski definition) is 1. The molecular weight excluding hydrogens is 312 g/mol. The van der Waals surface area contributed by atoms with Gasteiger partial charge in [-0.05, 0) is 26.3 Å². The minimum atomic E-state index is -0.729. The molecule has 0 bridgehead atoms. The van der Waals surface area contributed by atoms with Crippen LogP contribution in [0.15, 0.2) is 30.3 Å². The summed E-state index contributed by atoms with van der Waals surface area (Å²) in [5.41, 5.74) is 0.749. The minimum Gasteiger partial charge on any atom is -0.341 e. The minimum absolute atomic E-state index is 0.129. The number of amides is 2. The number of nitrogens with zero attached hydrogens (tertiary/aromatic N) is 3. The van der Waals surface area contributed by atoms with Crippen LogP contribution < -0.4 is 5.32 Å². The molecule has 122 valence electrons. The molecule has 2 rings (SSSR count). The van der Waals surface area contributed by atoms with E-state index in [1.54, 1.807) is 11.8 Å². The molecule has 0 aliphatic rings. The molecule has 1 atom stereocenters. The highest BCUT2D eigenvalue weighted by Crippen LogP contribution is 2.17. The molecule has 1 heterocycles. The van der Waals surface area contributed by atoms with E-state index < -0.39 is 6.04 Å². The zero-order chi connectivity index (χ0) is 16.8. The third kappa shape index (κ3) is 4.13. The monoisotopic (exact) mass is 332 g/mol. The zero-order valence-electron chi connectivity index (χ0n) is 13.4. The van der Waals surface area contributed by atoms with E-state index in [0.717, 1.165) is 5.56 Å². The topological polar surface area (TPSA) is 75.2 Å². The number of benzene rings is 1. The quantitative estimate of drug-likeness (QED) is 0.880. The van der Waals surface area contributed by atoms with E-state index in [1.807, 2.05) is 44.2 Å². The van der Waals surface area contributed by atoms with Gasteiger partial charge < -0.3 is 10.2 Å². The van der Waals surface area contributed by atoms with Crippen LogP contribution in [0.5, 0.6) is 0 Å². The summed E-state index contributed by atoms with van der Waals surface area (Å²) in [6.45, 7) is 6.79. The molecule has 0 fully saturated rings. The Hall–Kier alpha value is -2.28. The molecule has 0 spiro atoms. The average Bonchev–Trinajstić information content (AvgIpc) is 3.01. The van der Waals surface area contributed by atoms with Crippen LogP contribution in [0.4, 0.5) is 0 Å². The van der Waals surface area contributed by atoms with Gasteiger partial charge >= 0.3 is 0 Å². The molecule has 0 saturated carbocycles. The lowest BCUT2D eigenvalue weighted by atomic mass is 10.1. The predicted octanol–water partition coefficient (Wildman–Crippen LogP) is 2.19. The summed E-state index contributed by atoms with van der Waals surface area (Å²) >= 11 is 1.21. The maximum atomic E-state index is 12.8. The van der Waals surface area contributed by atoms with Crippen molar-refractivity contribution in [3.63, 3.8) is 0 Å². The number of aryl methyl sites for hydroxylation is 1. The first-order valence-electron chi connectivity index (χ1n) is 7.51. The van der Waals surface area contributed by atoms with Crippen molar-refractivity contribution in [1.29, 1.82) is 0 Å². The number of likely N-dealkylation sites (N-methyl/N-ethyl adjacent to an activating group) is 1. The smallest absolute Gasteiger partial charge is 0.283 e. The SMILES string of the molecule is CCN(CC)C(=O)C(NC(=O)c1nnc(C)s1)c1ccccc1. The van der Waals surface area contributed by atoms with Crippen molar-refractivity contribution in [2.45, 2.75) is 26.8 Å². The van der Waals surface area contributed by atoms with Gasteiger partial charge in [-0.1, -0.05) is 41.7 Å². The second-order valence-corrected chi connectivity index (χ2v) is 6.14. The van der Waals surface area contributed by atoms with Gasteiger partial charge in [0.25, 0.3) is 5.91 Å². The summed E-state index contributed by atoms with van der Waals surface area (Å²) in [5.74, 6) is -0.513. The molecule has 1 aromatic carbocycles. The molecular formula is C16H20N4O2S. The van der Waals surface area contributed by atoms with Crippen molar-refractivity contribution in [1.82, 2.24) is 20.4 Å². The first-order valence-corrected chi connectivity index (χ1v) is 8.33. The third-order valence-electron chi connectivity index (χ3n) is 3.45. The molecule has 0 radical (unpaired) electrons. The van der Waals surface area contributed by atoms with E-state index in [4.69, 9.17) is 0 Å². The Kier molecular flexibility index (Phi) is 5.81. The molecule has 1 aromatic heterocycles. The highest BCUT2D eigenvalue weighted by molar-refractivity contribution is 7.13. The van der Waals surface area contributed by atoms with Crippen LogP contribution in [0.1, 0.15) is 40.3 Å². The van der Waals surface area contributed by atoms with Gasteiger partial charge in [0.1, 0.15) is 11.0 Å². The third-order valence-corrected chi connectivity index (χ3v) is 4.29. The molecule has 1 N–H and O–H groups in total. The molecule has 0 aliphatic heterocycles. The van der Waals surface area contributed by atoms with E-state index in [1.165, 1.54) is 11.3 Å². The van der Waals surface area contributed by atoms with E-state index in [9.17, 15) is 9.59 Å². The summed E-state index contributed by atoms with van der Waals surface area (Å²) in [6.07, 6.45) is 0.